The van der Waals surface area contributed by atoms with Gasteiger partial charge in [0.1, 0.15) is 5.67 Å². The summed E-state index contributed by atoms with van der Waals surface area (Å²) in [6.45, 7) is 9.28. The maximum absolute atomic E-state index is 14.2. The van der Waals surface area contributed by atoms with Crippen molar-refractivity contribution in [3.8, 4) is 0 Å². The Balaban J connectivity index is 2.95. The number of halogens is 1. The summed E-state index contributed by atoms with van der Waals surface area (Å²) in [5.41, 5.74) is -1.41. The predicted molar refractivity (Wildman–Crippen MR) is 68.1 cm³/mol. The van der Waals surface area contributed by atoms with Crippen LogP contribution < -0.4 is 0 Å². The van der Waals surface area contributed by atoms with Gasteiger partial charge < -0.3 is 0 Å². The highest BCUT2D eigenvalue weighted by atomic mass is 32.2. The summed E-state index contributed by atoms with van der Waals surface area (Å²) in [6, 6.07) is 0. The van der Waals surface area contributed by atoms with Crippen molar-refractivity contribution in [1.29, 1.82) is 0 Å². The van der Waals surface area contributed by atoms with E-state index in [1.165, 1.54) is 11.2 Å². The zero-order valence-electron chi connectivity index (χ0n) is 11.4. The lowest BCUT2D eigenvalue weighted by Crippen LogP contribution is -2.52. The van der Waals surface area contributed by atoms with Gasteiger partial charge in [0.05, 0.1) is 5.25 Å². The molecule has 1 aliphatic heterocycles. The molecule has 5 heteroatoms. The minimum absolute atomic E-state index is 0.00324. The fourth-order valence-electron chi connectivity index (χ4n) is 2.31. The molecule has 0 spiro atoms. The minimum atomic E-state index is -3.34. The van der Waals surface area contributed by atoms with Crippen LogP contribution in [0.1, 0.15) is 41.0 Å². The van der Waals surface area contributed by atoms with Gasteiger partial charge in [-0.2, -0.15) is 4.31 Å². The average molecular weight is 265 g/mol. The van der Waals surface area contributed by atoms with Gasteiger partial charge in [0.15, 0.2) is 0 Å². The van der Waals surface area contributed by atoms with Crippen LogP contribution in [0, 0.1) is 11.8 Å². The number of nitrogens with zero attached hydrogens (tertiary/aromatic N) is 1. The SMILES string of the molecule is CC(C)C1CN(S(=O)(=O)C(C)C)CC(C)(F)C1. The van der Waals surface area contributed by atoms with Crippen molar-refractivity contribution >= 4 is 10.0 Å². The molecule has 1 rings (SSSR count). The fraction of sp³-hybridized carbons (Fsp3) is 1.00. The van der Waals surface area contributed by atoms with E-state index in [0.29, 0.717) is 18.9 Å². The first-order valence-corrected chi connectivity index (χ1v) is 7.74. The Labute approximate surface area is 104 Å². The number of piperidine rings is 1. The number of sulfonamides is 1. The quantitative estimate of drug-likeness (QED) is 0.786. The smallest absolute Gasteiger partial charge is 0.216 e. The van der Waals surface area contributed by atoms with Gasteiger partial charge in [-0.3, -0.25) is 0 Å². The summed E-state index contributed by atoms with van der Waals surface area (Å²) < 4.78 is 39.8. The second-order valence-electron chi connectivity index (χ2n) is 6.01. The average Bonchev–Trinajstić information content (AvgIpc) is 2.14. The lowest BCUT2D eigenvalue weighted by atomic mass is 9.82. The van der Waals surface area contributed by atoms with Crippen LogP contribution in [-0.4, -0.2) is 36.7 Å². The van der Waals surface area contributed by atoms with E-state index >= 15 is 0 Å². The van der Waals surface area contributed by atoms with Gasteiger partial charge in [0.2, 0.25) is 10.0 Å². The van der Waals surface area contributed by atoms with Gasteiger partial charge in [0, 0.05) is 13.1 Å². The van der Waals surface area contributed by atoms with E-state index in [2.05, 4.69) is 0 Å². The second kappa shape index (κ2) is 4.84. The lowest BCUT2D eigenvalue weighted by molar-refractivity contribution is 0.0504. The normalized spacial score (nSPS) is 32.4. The Kier molecular flexibility index (Phi) is 4.24. The van der Waals surface area contributed by atoms with E-state index in [1.54, 1.807) is 13.8 Å². The summed E-state index contributed by atoms with van der Waals surface area (Å²) in [5.74, 6) is 0.405. The van der Waals surface area contributed by atoms with Crippen molar-refractivity contribution in [3.05, 3.63) is 0 Å². The van der Waals surface area contributed by atoms with Crippen molar-refractivity contribution in [2.75, 3.05) is 13.1 Å². The molecule has 0 amide bonds. The summed E-state index contributed by atoms with van der Waals surface area (Å²) in [4.78, 5) is 0. The molecule has 0 aliphatic carbocycles. The van der Waals surface area contributed by atoms with Gasteiger partial charge in [-0.05, 0) is 39.0 Å². The van der Waals surface area contributed by atoms with Crippen molar-refractivity contribution in [1.82, 2.24) is 4.31 Å². The molecule has 0 aromatic heterocycles. The first kappa shape index (κ1) is 14.9. The van der Waals surface area contributed by atoms with Crippen molar-refractivity contribution in [2.24, 2.45) is 11.8 Å². The molecule has 1 saturated heterocycles. The Hall–Kier alpha value is -0.160. The second-order valence-corrected chi connectivity index (χ2v) is 8.50. The highest BCUT2D eigenvalue weighted by molar-refractivity contribution is 7.89. The topological polar surface area (TPSA) is 37.4 Å². The standard InChI is InChI=1S/C12H24FNO2S/c1-9(2)11-6-12(5,13)8-14(7-11)17(15,16)10(3)4/h9-11H,6-8H2,1-5H3. The Bertz CT molecular complexity index is 363. The van der Waals surface area contributed by atoms with Crippen LogP contribution in [0.2, 0.25) is 0 Å². The fourth-order valence-corrected chi connectivity index (χ4v) is 3.75. The first-order chi connectivity index (χ1) is 7.56. The van der Waals surface area contributed by atoms with Gasteiger partial charge in [-0.15, -0.1) is 0 Å². The van der Waals surface area contributed by atoms with Crippen molar-refractivity contribution < 1.29 is 12.8 Å². The van der Waals surface area contributed by atoms with E-state index in [0.717, 1.165) is 0 Å². The van der Waals surface area contributed by atoms with E-state index < -0.39 is 20.9 Å². The molecule has 0 radical (unpaired) electrons. The number of rotatable bonds is 3. The molecule has 2 unspecified atom stereocenters. The van der Waals surface area contributed by atoms with Gasteiger partial charge in [-0.1, -0.05) is 13.8 Å². The van der Waals surface area contributed by atoms with E-state index in [9.17, 15) is 12.8 Å². The number of hydrogen-bond donors (Lipinski definition) is 0. The van der Waals surface area contributed by atoms with Gasteiger partial charge >= 0.3 is 0 Å². The molecular formula is C12H24FNO2S. The third kappa shape index (κ3) is 3.41. The molecule has 1 fully saturated rings. The molecule has 0 N–H and O–H groups in total. The maximum atomic E-state index is 14.2. The van der Waals surface area contributed by atoms with Crippen molar-refractivity contribution in [2.45, 2.75) is 52.0 Å². The molecule has 3 nitrogen and oxygen atoms in total. The molecule has 0 saturated carbocycles. The Morgan fingerprint density at radius 3 is 2.24 bits per heavy atom. The molecule has 17 heavy (non-hydrogen) atoms. The van der Waals surface area contributed by atoms with E-state index in [-0.39, 0.29) is 12.5 Å². The molecule has 1 aliphatic rings. The van der Waals surface area contributed by atoms with Gasteiger partial charge in [-0.25, -0.2) is 12.8 Å². The number of alkyl halides is 1. The lowest BCUT2D eigenvalue weighted by Gasteiger charge is -2.41. The molecular weight excluding hydrogens is 241 g/mol. The Morgan fingerprint density at radius 2 is 1.82 bits per heavy atom. The van der Waals surface area contributed by atoms with Crippen molar-refractivity contribution in [3.63, 3.8) is 0 Å². The maximum Gasteiger partial charge on any atom is 0.216 e. The van der Waals surface area contributed by atoms with Crippen LogP contribution in [0.3, 0.4) is 0 Å². The van der Waals surface area contributed by atoms with Crippen LogP contribution in [-0.2, 0) is 10.0 Å². The van der Waals surface area contributed by atoms with Crippen LogP contribution in [0.5, 0.6) is 0 Å². The number of hydrogen-bond acceptors (Lipinski definition) is 2. The summed E-state index contributed by atoms with van der Waals surface area (Å²) in [7, 11) is -3.34. The highest BCUT2D eigenvalue weighted by Crippen LogP contribution is 2.34. The third-order valence-corrected chi connectivity index (χ3v) is 5.72. The van der Waals surface area contributed by atoms with Crippen LogP contribution in [0.15, 0.2) is 0 Å². The molecule has 102 valence electrons. The van der Waals surface area contributed by atoms with Crippen LogP contribution in [0.25, 0.3) is 0 Å². The summed E-state index contributed by atoms with van der Waals surface area (Å²) in [6.07, 6.45) is 0.453. The van der Waals surface area contributed by atoms with E-state index in [4.69, 9.17) is 0 Å². The molecule has 0 aromatic rings. The molecule has 0 bridgehead atoms. The summed E-state index contributed by atoms with van der Waals surface area (Å²) in [5, 5.41) is -0.482. The minimum Gasteiger partial charge on any atom is -0.243 e. The predicted octanol–water partition coefficient (Wildman–Crippen LogP) is 2.43. The molecule has 0 aromatic carbocycles. The van der Waals surface area contributed by atoms with Crippen LogP contribution in [0.4, 0.5) is 4.39 Å². The highest BCUT2D eigenvalue weighted by Gasteiger charge is 2.42. The first-order valence-electron chi connectivity index (χ1n) is 6.24. The van der Waals surface area contributed by atoms with Gasteiger partial charge in [0.25, 0.3) is 0 Å². The Morgan fingerprint density at radius 1 is 1.29 bits per heavy atom. The zero-order valence-corrected chi connectivity index (χ0v) is 12.2. The molecule has 1 heterocycles. The zero-order chi connectivity index (χ0) is 13.4. The monoisotopic (exact) mass is 265 g/mol. The van der Waals surface area contributed by atoms with E-state index in [1.807, 2.05) is 13.8 Å². The third-order valence-electron chi connectivity index (χ3n) is 3.53. The summed E-state index contributed by atoms with van der Waals surface area (Å²) >= 11 is 0. The largest absolute Gasteiger partial charge is 0.243 e. The van der Waals surface area contributed by atoms with Crippen LogP contribution >= 0.6 is 0 Å². The molecule has 2 atom stereocenters.